The molecule has 1 heterocycles. The Morgan fingerprint density at radius 1 is 0.892 bits per heavy atom. The van der Waals surface area contributed by atoms with Crippen molar-refractivity contribution in [2.75, 3.05) is 7.11 Å². The summed E-state index contributed by atoms with van der Waals surface area (Å²) in [6, 6.07) is 25.3. The molecule has 37 heavy (non-hydrogen) atoms. The summed E-state index contributed by atoms with van der Waals surface area (Å²) in [5.74, 6) is 0.109. The van der Waals surface area contributed by atoms with Crippen molar-refractivity contribution < 1.29 is 23.8 Å². The number of esters is 1. The van der Waals surface area contributed by atoms with Gasteiger partial charge in [-0.1, -0.05) is 72.9 Å². The summed E-state index contributed by atoms with van der Waals surface area (Å²) in [4.78, 5) is 25.7. The molecule has 1 N–H and O–H groups in total. The number of carbonyl (C=O) groups excluding carboxylic acids is 2. The molecule has 0 fully saturated rings. The fourth-order valence-electron chi connectivity index (χ4n) is 3.95. The van der Waals surface area contributed by atoms with Crippen LogP contribution in [0.2, 0.25) is 0 Å². The third-order valence-corrected chi connectivity index (χ3v) is 6.37. The number of hydrogen-bond acceptors (Lipinski definition) is 6. The van der Waals surface area contributed by atoms with E-state index >= 15 is 0 Å². The SMILES string of the molecule is COc1ccc2c(c1)c(COC(=O)[C@H](Cc1ccccc1)NC(=O)OCc1ccccc1)cc(=S)n2C. The van der Waals surface area contributed by atoms with Crippen LogP contribution in [0.5, 0.6) is 5.75 Å². The molecule has 0 saturated heterocycles. The molecule has 0 aliphatic rings. The predicted molar refractivity (Wildman–Crippen MR) is 144 cm³/mol. The number of ether oxygens (including phenoxy) is 3. The van der Waals surface area contributed by atoms with E-state index < -0.39 is 18.1 Å². The Morgan fingerprint density at radius 3 is 2.24 bits per heavy atom. The lowest BCUT2D eigenvalue weighted by Gasteiger charge is -2.19. The van der Waals surface area contributed by atoms with Crippen molar-refractivity contribution in [2.24, 2.45) is 7.05 Å². The van der Waals surface area contributed by atoms with Crippen LogP contribution in [0.1, 0.15) is 16.7 Å². The van der Waals surface area contributed by atoms with Crippen LogP contribution in [0.15, 0.2) is 84.9 Å². The van der Waals surface area contributed by atoms with Crippen LogP contribution in [-0.2, 0) is 41.0 Å². The lowest BCUT2D eigenvalue weighted by atomic mass is 10.1. The Labute approximate surface area is 220 Å². The first-order valence-electron chi connectivity index (χ1n) is 11.8. The summed E-state index contributed by atoms with van der Waals surface area (Å²) >= 11 is 5.49. The molecule has 190 valence electrons. The molecule has 0 saturated carbocycles. The van der Waals surface area contributed by atoms with Gasteiger partial charge in [0.1, 0.15) is 29.6 Å². The van der Waals surface area contributed by atoms with Crippen molar-refractivity contribution in [3.8, 4) is 5.75 Å². The molecule has 0 unspecified atom stereocenters. The van der Waals surface area contributed by atoms with Gasteiger partial charge < -0.3 is 24.1 Å². The van der Waals surface area contributed by atoms with Crippen molar-refractivity contribution in [3.05, 3.63) is 106 Å². The molecule has 1 atom stereocenters. The molecular formula is C29H28N2O5S. The highest BCUT2D eigenvalue weighted by molar-refractivity contribution is 7.71. The van der Waals surface area contributed by atoms with Crippen LogP contribution in [0, 0.1) is 4.64 Å². The van der Waals surface area contributed by atoms with E-state index in [2.05, 4.69) is 5.32 Å². The number of pyridine rings is 1. The summed E-state index contributed by atoms with van der Waals surface area (Å²) in [5, 5.41) is 3.53. The van der Waals surface area contributed by atoms with Crippen molar-refractivity contribution in [2.45, 2.75) is 25.7 Å². The van der Waals surface area contributed by atoms with E-state index in [1.165, 1.54) is 0 Å². The Kier molecular flexibility index (Phi) is 8.53. The first-order valence-corrected chi connectivity index (χ1v) is 12.2. The lowest BCUT2D eigenvalue weighted by molar-refractivity contribution is -0.147. The predicted octanol–water partition coefficient (Wildman–Crippen LogP) is 5.50. The third kappa shape index (κ3) is 6.74. The number of rotatable bonds is 9. The van der Waals surface area contributed by atoms with E-state index in [0.29, 0.717) is 10.4 Å². The van der Waals surface area contributed by atoms with Crippen LogP contribution >= 0.6 is 12.2 Å². The van der Waals surface area contributed by atoms with Crippen LogP contribution in [0.4, 0.5) is 4.79 Å². The number of aromatic nitrogens is 1. The first kappa shape index (κ1) is 25.9. The Bertz CT molecular complexity index is 1440. The second-order valence-electron chi connectivity index (χ2n) is 8.51. The van der Waals surface area contributed by atoms with Gasteiger partial charge in [0.05, 0.1) is 7.11 Å². The highest BCUT2D eigenvalue weighted by atomic mass is 32.1. The van der Waals surface area contributed by atoms with Gasteiger partial charge in [0.2, 0.25) is 0 Å². The van der Waals surface area contributed by atoms with Crippen molar-refractivity contribution in [1.82, 2.24) is 9.88 Å². The second-order valence-corrected chi connectivity index (χ2v) is 8.92. The molecule has 1 aromatic heterocycles. The summed E-state index contributed by atoms with van der Waals surface area (Å²) in [6.45, 7) is 0.0786. The number of benzene rings is 3. The fraction of sp³-hybridized carbons (Fsp3) is 0.207. The highest BCUT2D eigenvalue weighted by Gasteiger charge is 2.24. The Balaban J connectivity index is 1.50. The molecule has 0 bridgehead atoms. The molecule has 8 heteroatoms. The topological polar surface area (TPSA) is 78.8 Å². The lowest BCUT2D eigenvalue weighted by Crippen LogP contribution is -2.43. The van der Waals surface area contributed by atoms with E-state index in [4.69, 9.17) is 26.4 Å². The minimum atomic E-state index is -0.936. The second kappa shape index (κ2) is 12.2. The van der Waals surface area contributed by atoms with Gasteiger partial charge >= 0.3 is 12.1 Å². The van der Waals surface area contributed by atoms with E-state index in [1.54, 1.807) is 13.2 Å². The van der Waals surface area contributed by atoms with Crippen LogP contribution in [-0.4, -0.2) is 29.8 Å². The van der Waals surface area contributed by atoms with E-state index in [1.807, 2.05) is 90.5 Å². The summed E-state index contributed by atoms with van der Waals surface area (Å²) < 4.78 is 18.9. The standard InChI is InChI=1S/C29H28N2O5S/c1-31-26-14-13-23(34-2)17-24(26)22(16-27(31)37)19-35-28(32)25(15-20-9-5-3-6-10-20)30-29(33)36-18-21-11-7-4-8-12-21/h3-14,16-17,25H,15,18-19H2,1-2H3,(H,30,33)/t25-/m0/s1. The maximum Gasteiger partial charge on any atom is 0.408 e. The molecule has 4 rings (SSSR count). The first-order chi connectivity index (χ1) is 17.9. The number of carbonyl (C=O) groups is 2. The van der Waals surface area contributed by atoms with E-state index in [9.17, 15) is 9.59 Å². The molecule has 1 amide bonds. The normalized spacial score (nSPS) is 11.5. The van der Waals surface area contributed by atoms with Crippen molar-refractivity contribution in [1.29, 1.82) is 0 Å². The molecule has 0 radical (unpaired) electrons. The van der Waals surface area contributed by atoms with Gasteiger partial charge in [-0.15, -0.1) is 0 Å². The molecule has 0 spiro atoms. The Hall–Kier alpha value is -4.17. The molecule has 0 aliphatic carbocycles. The van der Waals surface area contributed by atoms with Crippen molar-refractivity contribution >= 4 is 35.2 Å². The van der Waals surface area contributed by atoms with Crippen LogP contribution in [0.25, 0.3) is 10.9 Å². The van der Waals surface area contributed by atoms with Gasteiger partial charge in [0.15, 0.2) is 0 Å². The molecule has 7 nitrogen and oxygen atoms in total. The molecule has 0 aliphatic heterocycles. The fourth-order valence-corrected chi connectivity index (χ4v) is 4.19. The average molecular weight is 517 g/mol. The Morgan fingerprint density at radius 2 is 1.57 bits per heavy atom. The average Bonchev–Trinajstić information content (AvgIpc) is 2.93. The maximum atomic E-state index is 13.2. The number of methoxy groups -OCH3 is 1. The minimum absolute atomic E-state index is 0.0149. The summed E-state index contributed by atoms with van der Waals surface area (Å²) in [5.41, 5.74) is 3.36. The number of alkyl carbamates (subject to hydrolysis) is 1. The van der Waals surface area contributed by atoms with Crippen LogP contribution in [0.3, 0.4) is 0 Å². The van der Waals surface area contributed by atoms with Gasteiger partial charge in [-0.2, -0.15) is 0 Å². The van der Waals surface area contributed by atoms with Gasteiger partial charge in [-0.05, 0) is 35.4 Å². The quantitative estimate of drug-likeness (QED) is 0.234. The zero-order valence-electron chi connectivity index (χ0n) is 20.7. The zero-order chi connectivity index (χ0) is 26.2. The van der Waals surface area contributed by atoms with E-state index in [0.717, 1.165) is 27.6 Å². The number of hydrogen-bond donors (Lipinski definition) is 1. The number of aryl methyl sites for hydroxylation is 1. The monoisotopic (exact) mass is 516 g/mol. The zero-order valence-corrected chi connectivity index (χ0v) is 21.5. The van der Waals surface area contributed by atoms with Crippen molar-refractivity contribution in [3.63, 3.8) is 0 Å². The van der Waals surface area contributed by atoms with Gasteiger partial charge in [-0.3, -0.25) is 0 Å². The number of nitrogens with one attached hydrogen (secondary N) is 1. The number of nitrogens with zero attached hydrogens (tertiary/aromatic N) is 1. The largest absolute Gasteiger partial charge is 0.497 e. The summed E-state index contributed by atoms with van der Waals surface area (Å²) in [6.07, 6.45) is -0.443. The maximum absolute atomic E-state index is 13.2. The smallest absolute Gasteiger partial charge is 0.408 e. The number of amides is 1. The third-order valence-electron chi connectivity index (χ3n) is 5.98. The minimum Gasteiger partial charge on any atom is -0.497 e. The van der Waals surface area contributed by atoms with Gasteiger partial charge in [-0.25, -0.2) is 9.59 Å². The molecular weight excluding hydrogens is 488 g/mol. The molecule has 3 aromatic carbocycles. The highest BCUT2D eigenvalue weighted by Crippen LogP contribution is 2.25. The van der Waals surface area contributed by atoms with Gasteiger partial charge in [0.25, 0.3) is 0 Å². The van der Waals surface area contributed by atoms with Gasteiger partial charge in [0, 0.05) is 29.9 Å². The molecule has 4 aromatic rings. The summed E-state index contributed by atoms with van der Waals surface area (Å²) in [7, 11) is 3.48. The number of fused-ring (bicyclic) bond motifs is 1. The van der Waals surface area contributed by atoms with Crippen LogP contribution < -0.4 is 10.1 Å². The van der Waals surface area contributed by atoms with E-state index in [-0.39, 0.29) is 19.6 Å².